The normalized spacial score (nSPS) is 11.4. The Kier molecular flexibility index (Phi) is 3.94. The maximum atomic E-state index is 5.88. The van der Waals surface area contributed by atoms with Crippen LogP contribution in [0, 0.1) is 6.92 Å². The van der Waals surface area contributed by atoms with Gasteiger partial charge in [-0.1, -0.05) is 62.7 Å². The van der Waals surface area contributed by atoms with Crippen LogP contribution in [0.15, 0.2) is 48.5 Å². The zero-order valence-corrected chi connectivity index (χ0v) is 12.2. The first kappa shape index (κ1) is 13.7. The predicted octanol–water partition coefficient (Wildman–Crippen LogP) is 4.87. The molecule has 2 rings (SSSR count). The van der Waals surface area contributed by atoms with Crippen LogP contribution in [0.25, 0.3) is 0 Å². The maximum absolute atomic E-state index is 5.88. The quantitative estimate of drug-likeness (QED) is 0.759. The lowest BCUT2D eigenvalue weighted by atomic mass is 9.83. The zero-order chi connectivity index (χ0) is 13.9. The molecule has 100 valence electrons. The van der Waals surface area contributed by atoms with Crippen LogP contribution in [-0.2, 0) is 12.0 Å². The van der Waals surface area contributed by atoms with E-state index in [1.54, 1.807) is 0 Å². The number of ether oxygens (including phenoxy) is 1. The molecular formula is C18H22O. The first-order chi connectivity index (χ1) is 8.97. The topological polar surface area (TPSA) is 9.23 Å². The molecule has 1 nitrogen and oxygen atoms in total. The molecule has 0 aliphatic rings. The molecule has 0 fully saturated rings. The lowest BCUT2D eigenvalue weighted by Gasteiger charge is -2.23. The molecule has 0 spiro atoms. The first-order valence-corrected chi connectivity index (χ1v) is 6.75. The van der Waals surface area contributed by atoms with Crippen LogP contribution in [0.3, 0.4) is 0 Å². The molecule has 2 aromatic rings. The van der Waals surface area contributed by atoms with Gasteiger partial charge >= 0.3 is 0 Å². The molecule has 0 N–H and O–H groups in total. The Morgan fingerprint density at radius 2 is 1.63 bits per heavy atom. The molecule has 2 aromatic carbocycles. The van der Waals surface area contributed by atoms with Gasteiger partial charge in [0.2, 0.25) is 0 Å². The summed E-state index contributed by atoms with van der Waals surface area (Å²) in [5, 5.41) is 0. The fourth-order valence-corrected chi connectivity index (χ4v) is 2.25. The molecule has 19 heavy (non-hydrogen) atoms. The average Bonchev–Trinajstić information content (AvgIpc) is 2.36. The fourth-order valence-electron chi connectivity index (χ4n) is 2.25. The second-order valence-corrected chi connectivity index (χ2v) is 6.01. The number of hydrogen-bond donors (Lipinski definition) is 0. The third kappa shape index (κ3) is 3.60. The van der Waals surface area contributed by atoms with Crippen molar-refractivity contribution in [3.8, 4) is 5.75 Å². The van der Waals surface area contributed by atoms with E-state index in [4.69, 9.17) is 4.74 Å². The number of aryl methyl sites for hydroxylation is 1. The summed E-state index contributed by atoms with van der Waals surface area (Å²) in [4.78, 5) is 0. The van der Waals surface area contributed by atoms with Crippen LogP contribution in [0.1, 0.15) is 37.5 Å². The highest BCUT2D eigenvalue weighted by Crippen LogP contribution is 2.27. The van der Waals surface area contributed by atoms with E-state index in [1.165, 1.54) is 16.7 Å². The van der Waals surface area contributed by atoms with Crippen molar-refractivity contribution in [3.05, 3.63) is 65.2 Å². The maximum Gasteiger partial charge on any atom is 0.119 e. The van der Waals surface area contributed by atoms with Crippen LogP contribution in [0.2, 0.25) is 0 Å². The average molecular weight is 254 g/mol. The summed E-state index contributed by atoms with van der Waals surface area (Å²) in [6.07, 6.45) is 0. The molecule has 0 bridgehead atoms. The minimum absolute atomic E-state index is 0.142. The molecule has 1 heteroatoms. The SMILES string of the molecule is Cc1ccc(C(C)(C)C)c(COc2ccccc2)c1. The van der Waals surface area contributed by atoms with Crippen LogP contribution in [0.5, 0.6) is 5.75 Å². The Morgan fingerprint density at radius 1 is 0.947 bits per heavy atom. The van der Waals surface area contributed by atoms with E-state index in [-0.39, 0.29) is 5.41 Å². The van der Waals surface area contributed by atoms with Crippen molar-refractivity contribution in [2.45, 2.75) is 39.7 Å². The van der Waals surface area contributed by atoms with Gasteiger partial charge in [-0.3, -0.25) is 0 Å². The van der Waals surface area contributed by atoms with Crippen LogP contribution < -0.4 is 4.74 Å². The molecule has 0 aliphatic carbocycles. The Hall–Kier alpha value is -1.76. The van der Waals surface area contributed by atoms with Crippen molar-refractivity contribution >= 4 is 0 Å². The Morgan fingerprint density at radius 3 is 2.26 bits per heavy atom. The summed E-state index contributed by atoms with van der Waals surface area (Å²) in [7, 11) is 0. The van der Waals surface area contributed by atoms with Gasteiger partial charge in [-0.05, 0) is 35.6 Å². The smallest absolute Gasteiger partial charge is 0.119 e. The van der Waals surface area contributed by atoms with Crippen molar-refractivity contribution in [1.82, 2.24) is 0 Å². The van der Waals surface area contributed by atoms with Crippen LogP contribution in [0.4, 0.5) is 0 Å². The van der Waals surface area contributed by atoms with Crippen molar-refractivity contribution in [2.24, 2.45) is 0 Å². The van der Waals surface area contributed by atoms with Gasteiger partial charge in [0.05, 0.1) is 0 Å². The van der Waals surface area contributed by atoms with Crippen molar-refractivity contribution in [1.29, 1.82) is 0 Å². The highest BCUT2D eigenvalue weighted by Gasteiger charge is 2.18. The molecule has 0 heterocycles. The molecule has 0 aliphatic heterocycles. The highest BCUT2D eigenvalue weighted by atomic mass is 16.5. The molecule has 0 saturated heterocycles. The monoisotopic (exact) mass is 254 g/mol. The second kappa shape index (κ2) is 5.48. The second-order valence-electron chi connectivity index (χ2n) is 6.01. The minimum atomic E-state index is 0.142. The molecular weight excluding hydrogens is 232 g/mol. The summed E-state index contributed by atoms with van der Waals surface area (Å²) >= 11 is 0. The highest BCUT2D eigenvalue weighted by molar-refractivity contribution is 5.36. The third-order valence-electron chi connectivity index (χ3n) is 3.21. The largest absolute Gasteiger partial charge is 0.489 e. The van der Waals surface area contributed by atoms with E-state index in [1.807, 2.05) is 30.3 Å². The lowest BCUT2D eigenvalue weighted by Crippen LogP contribution is -2.15. The molecule has 0 amide bonds. The van der Waals surface area contributed by atoms with E-state index < -0.39 is 0 Å². The van der Waals surface area contributed by atoms with Gasteiger partial charge in [-0.15, -0.1) is 0 Å². The van der Waals surface area contributed by atoms with Gasteiger partial charge in [0.1, 0.15) is 12.4 Å². The number of benzene rings is 2. The van der Waals surface area contributed by atoms with Crippen molar-refractivity contribution < 1.29 is 4.74 Å². The Balaban J connectivity index is 2.22. The van der Waals surface area contributed by atoms with Gasteiger partial charge in [0.15, 0.2) is 0 Å². The van der Waals surface area contributed by atoms with Crippen LogP contribution >= 0.6 is 0 Å². The molecule has 0 saturated carbocycles. The van der Waals surface area contributed by atoms with E-state index in [0.29, 0.717) is 6.61 Å². The summed E-state index contributed by atoms with van der Waals surface area (Å²) in [5.41, 5.74) is 4.05. The molecule has 0 atom stereocenters. The zero-order valence-electron chi connectivity index (χ0n) is 12.2. The number of para-hydroxylation sites is 1. The van der Waals surface area contributed by atoms with Gasteiger partial charge in [0.25, 0.3) is 0 Å². The van der Waals surface area contributed by atoms with Gasteiger partial charge in [0, 0.05) is 0 Å². The summed E-state index contributed by atoms with van der Waals surface area (Å²) in [6.45, 7) is 9.47. The Labute approximate surface area is 116 Å². The summed E-state index contributed by atoms with van der Waals surface area (Å²) in [6, 6.07) is 16.6. The van der Waals surface area contributed by atoms with E-state index >= 15 is 0 Å². The van der Waals surface area contributed by atoms with E-state index in [9.17, 15) is 0 Å². The van der Waals surface area contributed by atoms with Gasteiger partial charge < -0.3 is 4.74 Å². The van der Waals surface area contributed by atoms with Gasteiger partial charge in [-0.2, -0.15) is 0 Å². The Bertz CT molecular complexity index is 535. The van der Waals surface area contributed by atoms with Gasteiger partial charge in [-0.25, -0.2) is 0 Å². The molecule has 0 aromatic heterocycles. The molecule has 0 unspecified atom stereocenters. The summed E-state index contributed by atoms with van der Waals surface area (Å²) < 4.78 is 5.88. The third-order valence-corrected chi connectivity index (χ3v) is 3.21. The lowest BCUT2D eigenvalue weighted by molar-refractivity contribution is 0.302. The fraction of sp³-hybridized carbons (Fsp3) is 0.333. The number of rotatable bonds is 3. The first-order valence-electron chi connectivity index (χ1n) is 6.75. The van der Waals surface area contributed by atoms with Crippen molar-refractivity contribution in [2.75, 3.05) is 0 Å². The van der Waals surface area contributed by atoms with E-state index in [0.717, 1.165) is 5.75 Å². The summed E-state index contributed by atoms with van der Waals surface area (Å²) in [5.74, 6) is 0.920. The minimum Gasteiger partial charge on any atom is -0.489 e. The van der Waals surface area contributed by atoms with Crippen LogP contribution in [-0.4, -0.2) is 0 Å². The standard InChI is InChI=1S/C18H22O/c1-14-10-11-17(18(2,3)4)15(12-14)13-19-16-8-6-5-7-9-16/h5-12H,13H2,1-4H3. The van der Waals surface area contributed by atoms with E-state index in [2.05, 4.69) is 45.9 Å². The molecule has 0 radical (unpaired) electrons. The number of hydrogen-bond acceptors (Lipinski definition) is 1. The van der Waals surface area contributed by atoms with Crippen molar-refractivity contribution in [3.63, 3.8) is 0 Å². The predicted molar refractivity (Wildman–Crippen MR) is 80.7 cm³/mol.